The Morgan fingerprint density at radius 2 is 1.42 bits per heavy atom. The van der Waals surface area contributed by atoms with Gasteiger partial charge in [0.05, 0.1) is 12.1 Å². The van der Waals surface area contributed by atoms with Crippen molar-refractivity contribution >= 4 is 0 Å². The summed E-state index contributed by atoms with van der Waals surface area (Å²) >= 11 is 0. The van der Waals surface area contributed by atoms with Crippen LogP contribution in [-0.4, -0.2) is 4.57 Å². The summed E-state index contributed by atoms with van der Waals surface area (Å²) in [5, 5.41) is 18.3. The predicted molar refractivity (Wildman–Crippen MR) is 89.6 cm³/mol. The van der Waals surface area contributed by atoms with Gasteiger partial charge in [-0.25, -0.2) is 22.3 Å². The lowest BCUT2D eigenvalue weighted by Gasteiger charge is -2.14. The number of hydrogen-bond acceptors (Lipinski definition) is 2. The fraction of sp³-hybridized carbons (Fsp3) is 0.421. The zero-order valence-corrected chi connectivity index (χ0v) is 15.6. The van der Waals surface area contributed by atoms with Crippen LogP contribution in [0.3, 0.4) is 0 Å². The molecule has 0 saturated heterocycles. The number of hydrogen-bond donors (Lipinski definition) is 0. The summed E-state index contributed by atoms with van der Waals surface area (Å²) in [6.45, 7) is 11.1. The Bertz CT molecular complexity index is 941. The average molecular weight is 361 g/mol. The molecule has 0 saturated carbocycles. The van der Waals surface area contributed by atoms with E-state index in [1.807, 2.05) is 41.5 Å². The van der Waals surface area contributed by atoms with E-state index in [9.17, 15) is 18.4 Å². The minimum atomic E-state index is -1.58. The lowest BCUT2D eigenvalue weighted by molar-refractivity contribution is -0.710. The van der Waals surface area contributed by atoms with Crippen molar-refractivity contribution < 1.29 is 17.7 Å². The zero-order valence-electron chi connectivity index (χ0n) is 15.6. The standard InChI is InChI=1S/C19H20F3N4/c1-9(2)25-11(5)12(6)26(10(3)4)19(25)15-13(7-23)16(20)14(8-24)17(21)18(15)22/h9-10H,1-6H3/q+1. The van der Waals surface area contributed by atoms with Crippen molar-refractivity contribution in [3.8, 4) is 23.5 Å². The number of imidazole rings is 1. The first-order valence-electron chi connectivity index (χ1n) is 8.23. The van der Waals surface area contributed by atoms with E-state index < -0.39 is 34.1 Å². The van der Waals surface area contributed by atoms with Crippen molar-refractivity contribution in [2.45, 2.75) is 53.6 Å². The molecule has 2 rings (SSSR count). The number of benzene rings is 1. The van der Waals surface area contributed by atoms with Gasteiger partial charge in [-0.3, -0.25) is 0 Å². The maximum absolute atomic E-state index is 14.9. The molecule has 0 aliphatic heterocycles. The van der Waals surface area contributed by atoms with E-state index in [2.05, 4.69) is 0 Å². The topological polar surface area (TPSA) is 56.4 Å². The van der Waals surface area contributed by atoms with Crippen LogP contribution in [0.4, 0.5) is 13.2 Å². The molecule has 1 heterocycles. The van der Waals surface area contributed by atoms with Crippen LogP contribution in [0.25, 0.3) is 11.4 Å². The van der Waals surface area contributed by atoms with Crippen molar-refractivity contribution in [2.24, 2.45) is 0 Å². The zero-order chi connectivity index (χ0) is 19.9. The maximum atomic E-state index is 14.9. The van der Waals surface area contributed by atoms with Crippen LogP contribution in [0.2, 0.25) is 0 Å². The molecule has 1 aromatic carbocycles. The highest BCUT2D eigenvalue weighted by Gasteiger charge is 2.37. The van der Waals surface area contributed by atoms with Gasteiger partial charge >= 0.3 is 0 Å². The molecule has 0 amide bonds. The molecule has 2 aromatic rings. The smallest absolute Gasteiger partial charge is 0.225 e. The van der Waals surface area contributed by atoms with Crippen LogP contribution in [0.5, 0.6) is 0 Å². The van der Waals surface area contributed by atoms with E-state index >= 15 is 0 Å². The van der Waals surface area contributed by atoms with Crippen molar-refractivity contribution in [3.05, 3.63) is 40.0 Å². The van der Waals surface area contributed by atoms with E-state index in [4.69, 9.17) is 5.26 Å². The Hall–Kier alpha value is -2.80. The van der Waals surface area contributed by atoms with Crippen molar-refractivity contribution in [2.75, 3.05) is 0 Å². The molecule has 0 atom stereocenters. The summed E-state index contributed by atoms with van der Waals surface area (Å²) in [5.41, 5.74) is -0.612. The van der Waals surface area contributed by atoms with Crippen LogP contribution in [-0.2, 0) is 0 Å². The summed E-state index contributed by atoms with van der Waals surface area (Å²) < 4.78 is 47.3. The number of nitriles is 2. The SMILES string of the molecule is Cc1c(C)[n+](C(C)C)c(-c2c(F)c(F)c(C#N)c(F)c2C#N)n1C(C)C. The van der Waals surface area contributed by atoms with Gasteiger partial charge in [0, 0.05) is 13.8 Å². The van der Waals surface area contributed by atoms with Gasteiger partial charge < -0.3 is 0 Å². The van der Waals surface area contributed by atoms with E-state index in [0.29, 0.717) is 0 Å². The third kappa shape index (κ3) is 2.64. The molecule has 0 bridgehead atoms. The second-order valence-electron chi connectivity index (χ2n) is 6.71. The van der Waals surface area contributed by atoms with Gasteiger partial charge in [0.1, 0.15) is 40.2 Å². The average Bonchev–Trinajstić information content (AvgIpc) is 2.82. The van der Waals surface area contributed by atoms with Crippen LogP contribution < -0.4 is 4.57 Å². The minimum absolute atomic E-state index is 0.142. The first-order valence-corrected chi connectivity index (χ1v) is 8.23. The molecule has 7 heteroatoms. The number of halogens is 3. The molecule has 0 radical (unpaired) electrons. The van der Waals surface area contributed by atoms with E-state index in [-0.39, 0.29) is 17.9 Å². The number of nitrogens with zero attached hydrogens (tertiary/aromatic N) is 4. The fourth-order valence-corrected chi connectivity index (χ4v) is 3.36. The molecule has 4 nitrogen and oxygen atoms in total. The van der Waals surface area contributed by atoms with E-state index in [0.717, 1.165) is 11.4 Å². The molecular weight excluding hydrogens is 341 g/mol. The lowest BCUT2D eigenvalue weighted by atomic mass is 10.0. The molecular formula is C19H20F3N4+. The van der Waals surface area contributed by atoms with E-state index in [1.165, 1.54) is 6.07 Å². The fourth-order valence-electron chi connectivity index (χ4n) is 3.36. The summed E-state index contributed by atoms with van der Waals surface area (Å²) in [5.74, 6) is -4.11. The van der Waals surface area contributed by atoms with Gasteiger partial charge in [0.25, 0.3) is 5.82 Å². The summed E-state index contributed by atoms with van der Waals surface area (Å²) in [4.78, 5) is 0. The van der Waals surface area contributed by atoms with Crippen LogP contribution in [0, 0.1) is 54.0 Å². The molecule has 0 fully saturated rings. The van der Waals surface area contributed by atoms with Gasteiger partial charge in [0.15, 0.2) is 17.5 Å². The van der Waals surface area contributed by atoms with Crippen LogP contribution in [0.1, 0.15) is 62.3 Å². The normalized spacial score (nSPS) is 11.1. The largest absolute Gasteiger partial charge is 0.294 e. The highest BCUT2D eigenvalue weighted by atomic mass is 19.2. The maximum Gasteiger partial charge on any atom is 0.294 e. The van der Waals surface area contributed by atoms with Crippen molar-refractivity contribution in [1.82, 2.24) is 4.57 Å². The second-order valence-corrected chi connectivity index (χ2v) is 6.71. The molecule has 0 N–H and O–H groups in total. The Balaban J connectivity index is 3.16. The molecule has 1 aromatic heterocycles. The third-order valence-corrected chi connectivity index (χ3v) is 4.50. The Kier molecular flexibility index (Phi) is 5.13. The molecule has 26 heavy (non-hydrogen) atoms. The first-order chi connectivity index (χ1) is 12.1. The summed E-state index contributed by atoms with van der Waals surface area (Å²) in [6.07, 6.45) is 0. The van der Waals surface area contributed by atoms with Gasteiger partial charge in [-0.2, -0.15) is 10.5 Å². The lowest BCUT2D eigenvalue weighted by Crippen LogP contribution is -2.40. The Morgan fingerprint density at radius 3 is 1.85 bits per heavy atom. The van der Waals surface area contributed by atoms with Crippen molar-refractivity contribution in [1.29, 1.82) is 10.5 Å². The number of aromatic nitrogens is 2. The molecule has 0 spiro atoms. The van der Waals surface area contributed by atoms with Gasteiger partial charge in [0.2, 0.25) is 0 Å². The Morgan fingerprint density at radius 1 is 0.885 bits per heavy atom. The third-order valence-electron chi connectivity index (χ3n) is 4.50. The van der Waals surface area contributed by atoms with E-state index in [1.54, 1.807) is 15.2 Å². The van der Waals surface area contributed by atoms with Crippen LogP contribution in [0.15, 0.2) is 0 Å². The Labute approximate surface area is 150 Å². The minimum Gasteiger partial charge on any atom is -0.225 e. The molecule has 0 aliphatic rings. The predicted octanol–water partition coefficient (Wildman–Crippen LogP) is 4.38. The molecule has 0 unspecified atom stereocenters. The summed E-state index contributed by atoms with van der Waals surface area (Å²) in [6, 6.07) is 2.62. The monoisotopic (exact) mass is 361 g/mol. The number of rotatable bonds is 3. The van der Waals surface area contributed by atoms with Gasteiger partial charge in [-0.1, -0.05) is 0 Å². The first kappa shape index (κ1) is 19.5. The molecule has 136 valence electrons. The van der Waals surface area contributed by atoms with Gasteiger partial charge in [-0.05, 0) is 27.7 Å². The highest BCUT2D eigenvalue weighted by molar-refractivity contribution is 5.67. The van der Waals surface area contributed by atoms with Crippen LogP contribution >= 0.6 is 0 Å². The second kappa shape index (κ2) is 6.84. The highest BCUT2D eigenvalue weighted by Crippen LogP contribution is 2.34. The molecule has 0 aliphatic carbocycles. The summed E-state index contributed by atoms with van der Waals surface area (Å²) in [7, 11) is 0. The van der Waals surface area contributed by atoms with Crippen molar-refractivity contribution in [3.63, 3.8) is 0 Å². The quantitative estimate of drug-likeness (QED) is 0.602. The van der Waals surface area contributed by atoms with Gasteiger partial charge in [-0.15, -0.1) is 0 Å².